The van der Waals surface area contributed by atoms with E-state index in [0.717, 1.165) is 25.7 Å². The average Bonchev–Trinajstić information content (AvgIpc) is 3.12. The van der Waals surface area contributed by atoms with Gasteiger partial charge in [0, 0.05) is 6.54 Å². The second-order valence-electron chi connectivity index (χ2n) is 4.91. The molecule has 0 spiro atoms. The molecule has 2 aliphatic rings. The molecule has 0 bridgehead atoms. The summed E-state index contributed by atoms with van der Waals surface area (Å²) in [6.45, 7) is 6.17. The molecule has 0 aromatic heterocycles. The van der Waals surface area contributed by atoms with Crippen molar-refractivity contribution < 1.29 is 9.59 Å². The highest BCUT2D eigenvalue weighted by Crippen LogP contribution is 2.35. The Morgan fingerprint density at radius 2 is 2.18 bits per heavy atom. The quantitative estimate of drug-likeness (QED) is 0.726. The maximum atomic E-state index is 12.3. The van der Waals surface area contributed by atoms with Gasteiger partial charge in [0.15, 0.2) is 0 Å². The molecule has 2 fully saturated rings. The number of nitrogens with zero attached hydrogens (tertiary/aromatic N) is 1. The van der Waals surface area contributed by atoms with Gasteiger partial charge in [0.25, 0.3) is 0 Å². The van der Waals surface area contributed by atoms with Crippen LogP contribution in [-0.4, -0.2) is 35.3 Å². The van der Waals surface area contributed by atoms with Crippen LogP contribution in [0.25, 0.3) is 0 Å². The maximum absolute atomic E-state index is 12.3. The molecule has 1 heterocycles. The topological polar surface area (TPSA) is 49.4 Å². The summed E-state index contributed by atoms with van der Waals surface area (Å²) in [6, 6.07) is -0.587. The van der Waals surface area contributed by atoms with Gasteiger partial charge in [0.05, 0.1) is 0 Å². The predicted octanol–water partition coefficient (Wildman–Crippen LogP) is 1.08. The molecule has 1 saturated carbocycles. The second kappa shape index (κ2) is 4.90. The van der Waals surface area contributed by atoms with E-state index in [1.807, 2.05) is 6.92 Å². The molecule has 0 radical (unpaired) electrons. The summed E-state index contributed by atoms with van der Waals surface area (Å²) in [7, 11) is 0. The monoisotopic (exact) mass is 236 g/mol. The van der Waals surface area contributed by atoms with Crippen molar-refractivity contribution in [3.8, 4) is 0 Å². The van der Waals surface area contributed by atoms with Gasteiger partial charge in [-0.2, -0.15) is 0 Å². The van der Waals surface area contributed by atoms with E-state index in [2.05, 4.69) is 11.9 Å². The number of hydrogen-bond donors (Lipinski definition) is 1. The molecule has 0 aromatic rings. The highest BCUT2D eigenvalue weighted by Gasteiger charge is 2.45. The molecule has 2 amide bonds. The number of amides is 2. The van der Waals surface area contributed by atoms with Crippen LogP contribution in [0.5, 0.6) is 0 Å². The molecule has 0 aromatic carbocycles. The third kappa shape index (κ3) is 2.35. The van der Waals surface area contributed by atoms with Gasteiger partial charge in [-0.3, -0.25) is 9.59 Å². The van der Waals surface area contributed by atoms with Crippen LogP contribution < -0.4 is 5.32 Å². The summed E-state index contributed by atoms with van der Waals surface area (Å²) >= 11 is 0. The van der Waals surface area contributed by atoms with Crippen LogP contribution in [0.4, 0.5) is 0 Å². The Balaban J connectivity index is 2.15. The Labute approximate surface area is 102 Å². The van der Waals surface area contributed by atoms with Crippen LogP contribution in [0, 0.1) is 5.92 Å². The molecule has 1 aliphatic heterocycles. The summed E-state index contributed by atoms with van der Waals surface area (Å²) in [5.41, 5.74) is 0. The molecule has 2 unspecified atom stereocenters. The minimum absolute atomic E-state index is 0.00481. The third-order valence-electron chi connectivity index (χ3n) is 3.51. The number of hydrogen-bond acceptors (Lipinski definition) is 2. The first kappa shape index (κ1) is 12.1. The van der Waals surface area contributed by atoms with Gasteiger partial charge in [-0.25, -0.2) is 0 Å². The van der Waals surface area contributed by atoms with E-state index in [9.17, 15) is 9.59 Å². The van der Waals surface area contributed by atoms with Gasteiger partial charge in [-0.05, 0) is 25.2 Å². The average molecular weight is 236 g/mol. The highest BCUT2D eigenvalue weighted by atomic mass is 16.2. The van der Waals surface area contributed by atoms with Crippen molar-refractivity contribution in [2.24, 2.45) is 5.92 Å². The Morgan fingerprint density at radius 3 is 2.71 bits per heavy atom. The number of rotatable bonds is 5. The van der Waals surface area contributed by atoms with Crippen molar-refractivity contribution in [3.05, 3.63) is 12.7 Å². The summed E-state index contributed by atoms with van der Waals surface area (Å²) in [5, 5.41) is 2.89. The van der Waals surface area contributed by atoms with Gasteiger partial charge in [0.2, 0.25) is 11.8 Å². The van der Waals surface area contributed by atoms with Crippen LogP contribution in [0.1, 0.15) is 32.6 Å². The summed E-state index contributed by atoms with van der Waals surface area (Å²) in [5.74, 6) is 0.442. The lowest BCUT2D eigenvalue weighted by atomic mass is 10.0. The lowest BCUT2D eigenvalue weighted by molar-refractivity contribution is -0.149. The van der Waals surface area contributed by atoms with Crippen LogP contribution in [0.2, 0.25) is 0 Å². The Hall–Kier alpha value is -1.32. The Bertz CT molecular complexity index is 336. The molecule has 2 atom stereocenters. The number of carbonyl (C=O) groups excluding carboxylic acids is 2. The van der Waals surface area contributed by atoms with Crippen molar-refractivity contribution >= 4 is 11.8 Å². The van der Waals surface area contributed by atoms with Crippen molar-refractivity contribution in [1.29, 1.82) is 0 Å². The Kier molecular flexibility index (Phi) is 3.50. The van der Waals surface area contributed by atoms with Gasteiger partial charge in [-0.15, -0.1) is 6.58 Å². The summed E-state index contributed by atoms with van der Waals surface area (Å²) < 4.78 is 0. The van der Waals surface area contributed by atoms with E-state index < -0.39 is 0 Å². The fourth-order valence-corrected chi connectivity index (χ4v) is 2.45. The van der Waals surface area contributed by atoms with Crippen molar-refractivity contribution in [2.45, 2.75) is 44.7 Å². The molecule has 4 nitrogen and oxygen atoms in total. The van der Waals surface area contributed by atoms with Crippen molar-refractivity contribution in [2.75, 3.05) is 6.54 Å². The molecule has 94 valence electrons. The predicted molar refractivity (Wildman–Crippen MR) is 65.3 cm³/mol. The zero-order valence-electron chi connectivity index (χ0n) is 10.3. The van der Waals surface area contributed by atoms with Gasteiger partial charge in [-0.1, -0.05) is 19.4 Å². The largest absolute Gasteiger partial charge is 0.342 e. The number of carbonyl (C=O) groups is 2. The molecule has 17 heavy (non-hydrogen) atoms. The van der Waals surface area contributed by atoms with E-state index in [1.165, 1.54) is 0 Å². The molecular formula is C13H20N2O2. The maximum Gasteiger partial charge on any atom is 0.246 e. The van der Waals surface area contributed by atoms with Crippen molar-refractivity contribution in [3.63, 3.8) is 0 Å². The van der Waals surface area contributed by atoms with Crippen LogP contribution in [-0.2, 0) is 9.59 Å². The lowest BCUT2D eigenvalue weighted by Gasteiger charge is -2.38. The molecule has 1 N–H and O–H groups in total. The summed E-state index contributed by atoms with van der Waals surface area (Å²) in [6.07, 6.45) is 5.42. The van der Waals surface area contributed by atoms with Crippen LogP contribution in [0.15, 0.2) is 12.7 Å². The standard InChI is InChI=1S/C13H20N2O2/c1-3-5-10-12(16)14-11(9-6-7-9)13(17)15(10)8-4-2/h4,9-11H,2-3,5-8H2,1H3,(H,14,16). The lowest BCUT2D eigenvalue weighted by Crippen LogP contribution is -2.63. The minimum Gasteiger partial charge on any atom is -0.342 e. The van der Waals surface area contributed by atoms with Crippen LogP contribution >= 0.6 is 0 Å². The fraction of sp³-hybridized carbons (Fsp3) is 0.692. The first-order chi connectivity index (χ1) is 8.19. The van der Waals surface area contributed by atoms with E-state index in [1.54, 1.807) is 11.0 Å². The molecule has 2 rings (SSSR count). The van der Waals surface area contributed by atoms with Crippen LogP contribution in [0.3, 0.4) is 0 Å². The number of piperazine rings is 1. The van der Waals surface area contributed by atoms with E-state index in [-0.39, 0.29) is 23.9 Å². The van der Waals surface area contributed by atoms with Crippen molar-refractivity contribution in [1.82, 2.24) is 10.2 Å². The fourth-order valence-electron chi connectivity index (χ4n) is 2.45. The van der Waals surface area contributed by atoms with E-state index in [4.69, 9.17) is 0 Å². The third-order valence-corrected chi connectivity index (χ3v) is 3.51. The second-order valence-corrected chi connectivity index (χ2v) is 4.91. The molecule has 1 aliphatic carbocycles. The summed E-state index contributed by atoms with van der Waals surface area (Å²) in [4.78, 5) is 26.0. The number of nitrogens with one attached hydrogen (secondary N) is 1. The van der Waals surface area contributed by atoms with Gasteiger partial charge in [0.1, 0.15) is 12.1 Å². The first-order valence-electron chi connectivity index (χ1n) is 6.40. The minimum atomic E-state index is -0.305. The van der Waals surface area contributed by atoms with E-state index >= 15 is 0 Å². The first-order valence-corrected chi connectivity index (χ1v) is 6.40. The zero-order chi connectivity index (χ0) is 12.4. The van der Waals surface area contributed by atoms with Gasteiger partial charge < -0.3 is 10.2 Å². The smallest absolute Gasteiger partial charge is 0.246 e. The van der Waals surface area contributed by atoms with Gasteiger partial charge >= 0.3 is 0 Å². The molecule has 1 saturated heterocycles. The highest BCUT2D eigenvalue weighted by molar-refractivity contribution is 5.97. The van der Waals surface area contributed by atoms with E-state index in [0.29, 0.717) is 12.5 Å². The zero-order valence-corrected chi connectivity index (χ0v) is 10.3. The Morgan fingerprint density at radius 1 is 1.47 bits per heavy atom. The normalized spacial score (nSPS) is 29.1. The SMILES string of the molecule is C=CCN1C(=O)C(C2CC2)NC(=O)C1CCC. The molecule has 4 heteroatoms. The molecular weight excluding hydrogens is 216 g/mol.